The number of benzene rings is 2. The lowest BCUT2D eigenvalue weighted by molar-refractivity contribution is -0.0361. The second-order valence-corrected chi connectivity index (χ2v) is 8.22. The molecule has 0 spiro atoms. The average molecular weight is 345 g/mol. The number of hydrogen-bond donors (Lipinski definition) is 0. The van der Waals surface area contributed by atoms with E-state index in [1.165, 1.54) is 0 Å². The Labute approximate surface area is 144 Å². The number of ether oxygens (including phenoxy) is 1. The van der Waals surface area contributed by atoms with E-state index in [1.54, 1.807) is 4.31 Å². The minimum atomic E-state index is -3.39. The first-order chi connectivity index (χ1) is 11.5. The molecule has 0 aliphatic carbocycles. The molecule has 128 valence electrons. The van der Waals surface area contributed by atoms with E-state index in [0.29, 0.717) is 13.2 Å². The zero-order valence-electron chi connectivity index (χ0n) is 14.1. The zero-order valence-corrected chi connectivity index (χ0v) is 14.9. The maximum atomic E-state index is 12.9. The van der Waals surface area contributed by atoms with Crippen molar-refractivity contribution in [2.45, 2.75) is 31.7 Å². The van der Waals surface area contributed by atoms with E-state index in [-0.39, 0.29) is 17.9 Å². The molecular formula is C19H23NO3S. The van der Waals surface area contributed by atoms with Gasteiger partial charge in [-0.05, 0) is 25.0 Å². The first-order valence-corrected chi connectivity index (χ1v) is 9.80. The molecule has 1 heterocycles. The molecular weight excluding hydrogens is 322 g/mol. The highest BCUT2D eigenvalue weighted by atomic mass is 32.2. The molecule has 2 atom stereocenters. The van der Waals surface area contributed by atoms with Crippen LogP contribution < -0.4 is 0 Å². The predicted octanol–water partition coefficient (Wildman–Crippen LogP) is 3.29. The number of aryl methyl sites for hydroxylation is 1. The molecule has 1 saturated heterocycles. The Kier molecular flexibility index (Phi) is 5.04. The summed E-state index contributed by atoms with van der Waals surface area (Å²) in [5.74, 6) is 0.0269. The molecule has 2 aromatic rings. The standard InChI is InChI=1S/C19H23NO3S/c1-15-8-10-17(11-9-15)14-24(21,22)20-12-13-23-19(16(20)2)18-6-4-3-5-7-18/h3-11,16,19H,12-14H2,1-2H3. The molecule has 0 amide bonds. The minimum Gasteiger partial charge on any atom is -0.370 e. The normalized spacial score (nSPS) is 22.4. The molecule has 0 aromatic heterocycles. The smallest absolute Gasteiger partial charge is 0.218 e. The molecule has 4 nitrogen and oxygen atoms in total. The lowest BCUT2D eigenvalue weighted by atomic mass is 10.0. The van der Waals surface area contributed by atoms with Gasteiger partial charge in [0.05, 0.1) is 24.5 Å². The van der Waals surface area contributed by atoms with Crippen molar-refractivity contribution in [2.24, 2.45) is 0 Å². The van der Waals surface area contributed by atoms with E-state index in [1.807, 2.05) is 68.4 Å². The van der Waals surface area contributed by atoms with Gasteiger partial charge in [0.2, 0.25) is 10.0 Å². The second-order valence-electron chi connectivity index (χ2n) is 6.30. The summed E-state index contributed by atoms with van der Waals surface area (Å²) in [6.07, 6.45) is -0.229. The molecule has 0 N–H and O–H groups in total. The molecule has 24 heavy (non-hydrogen) atoms. The van der Waals surface area contributed by atoms with Crippen molar-refractivity contribution in [2.75, 3.05) is 13.2 Å². The van der Waals surface area contributed by atoms with Crippen molar-refractivity contribution >= 4 is 10.0 Å². The van der Waals surface area contributed by atoms with Crippen molar-refractivity contribution < 1.29 is 13.2 Å². The topological polar surface area (TPSA) is 46.6 Å². The molecule has 2 aromatic carbocycles. The quantitative estimate of drug-likeness (QED) is 0.854. The average Bonchev–Trinajstić information content (AvgIpc) is 2.57. The highest BCUT2D eigenvalue weighted by Gasteiger charge is 2.36. The van der Waals surface area contributed by atoms with Gasteiger partial charge in [-0.3, -0.25) is 0 Å². The molecule has 1 aliphatic rings. The van der Waals surface area contributed by atoms with Crippen LogP contribution in [-0.2, 0) is 20.5 Å². The molecule has 3 rings (SSSR count). The monoisotopic (exact) mass is 345 g/mol. The Hall–Kier alpha value is -1.69. The van der Waals surface area contributed by atoms with Gasteiger partial charge in [-0.15, -0.1) is 0 Å². The zero-order chi connectivity index (χ0) is 17.2. The van der Waals surface area contributed by atoms with Crippen LogP contribution in [0.3, 0.4) is 0 Å². The van der Waals surface area contributed by atoms with Crippen molar-refractivity contribution in [3.63, 3.8) is 0 Å². The van der Waals surface area contributed by atoms with E-state index in [9.17, 15) is 8.42 Å². The lowest BCUT2D eigenvalue weighted by Gasteiger charge is -2.38. The summed E-state index contributed by atoms with van der Waals surface area (Å²) in [5.41, 5.74) is 2.95. The Morgan fingerprint density at radius 2 is 1.75 bits per heavy atom. The van der Waals surface area contributed by atoms with Crippen LogP contribution >= 0.6 is 0 Å². The number of nitrogens with zero attached hydrogens (tertiary/aromatic N) is 1. The first-order valence-electron chi connectivity index (χ1n) is 8.19. The van der Waals surface area contributed by atoms with Crippen LogP contribution in [0.25, 0.3) is 0 Å². The molecule has 1 fully saturated rings. The van der Waals surface area contributed by atoms with Gasteiger partial charge in [0, 0.05) is 6.54 Å². The van der Waals surface area contributed by atoms with Crippen LogP contribution in [0.5, 0.6) is 0 Å². The Morgan fingerprint density at radius 1 is 1.08 bits per heavy atom. The van der Waals surface area contributed by atoms with Crippen LogP contribution in [-0.4, -0.2) is 31.9 Å². The van der Waals surface area contributed by atoms with Crippen molar-refractivity contribution in [1.82, 2.24) is 4.31 Å². The fraction of sp³-hybridized carbons (Fsp3) is 0.368. The van der Waals surface area contributed by atoms with E-state index < -0.39 is 10.0 Å². The highest BCUT2D eigenvalue weighted by Crippen LogP contribution is 2.30. The van der Waals surface area contributed by atoms with Crippen LogP contribution in [0.2, 0.25) is 0 Å². The summed E-state index contributed by atoms with van der Waals surface area (Å²) in [4.78, 5) is 0. The fourth-order valence-corrected chi connectivity index (χ4v) is 4.90. The molecule has 0 bridgehead atoms. The van der Waals surface area contributed by atoms with Gasteiger partial charge < -0.3 is 4.74 Å². The first kappa shape index (κ1) is 17.1. The van der Waals surface area contributed by atoms with Gasteiger partial charge in [0.15, 0.2) is 0 Å². The maximum Gasteiger partial charge on any atom is 0.218 e. The third-order valence-electron chi connectivity index (χ3n) is 4.46. The molecule has 5 heteroatoms. The Morgan fingerprint density at radius 3 is 2.42 bits per heavy atom. The third-order valence-corrected chi connectivity index (χ3v) is 6.38. The SMILES string of the molecule is Cc1ccc(CS(=O)(=O)N2CCOC(c3ccccc3)C2C)cc1. The minimum absolute atomic E-state index is 0.0269. The molecule has 2 unspecified atom stereocenters. The van der Waals surface area contributed by atoms with Gasteiger partial charge in [-0.2, -0.15) is 4.31 Å². The van der Waals surface area contributed by atoms with E-state index in [0.717, 1.165) is 16.7 Å². The summed E-state index contributed by atoms with van der Waals surface area (Å²) in [7, 11) is -3.39. The summed E-state index contributed by atoms with van der Waals surface area (Å²) in [6.45, 7) is 4.73. The van der Waals surface area contributed by atoms with Gasteiger partial charge in [-0.25, -0.2) is 8.42 Å². The van der Waals surface area contributed by atoms with E-state index >= 15 is 0 Å². The van der Waals surface area contributed by atoms with Crippen LogP contribution in [0.1, 0.15) is 29.7 Å². The van der Waals surface area contributed by atoms with E-state index in [2.05, 4.69) is 0 Å². The summed E-state index contributed by atoms with van der Waals surface area (Å²) >= 11 is 0. The lowest BCUT2D eigenvalue weighted by Crippen LogP contribution is -2.48. The number of rotatable bonds is 4. The second kappa shape index (κ2) is 7.05. The summed E-state index contributed by atoms with van der Waals surface area (Å²) in [5, 5.41) is 0. The number of sulfonamides is 1. The highest BCUT2D eigenvalue weighted by molar-refractivity contribution is 7.88. The van der Waals surface area contributed by atoms with Gasteiger partial charge >= 0.3 is 0 Å². The van der Waals surface area contributed by atoms with E-state index in [4.69, 9.17) is 4.74 Å². The molecule has 0 saturated carbocycles. The van der Waals surface area contributed by atoms with Crippen LogP contribution in [0, 0.1) is 6.92 Å². The fourth-order valence-electron chi connectivity index (χ4n) is 3.15. The number of hydrogen-bond acceptors (Lipinski definition) is 3. The van der Waals surface area contributed by atoms with Gasteiger partial charge in [0.1, 0.15) is 0 Å². The maximum absolute atomic E-state index is 12.9. The molecule has 0 radical (unpaired) electrons. The Bertz CT molecular complexity index is 772. The van der Waals surface area contributed by atoms with Crippen molar-refractivity contribution in [3.8, 4) is 0 Å². The summed E-state index contributed by atoms with van der Waals surface area (Å²) < 4.78 is 33.2. The largest absolute Gasteiger partial charge is 0.370 e. The Balaban J connectivity index is 1.80. The van der Waals surface area contributed by atoms with Gasteiger partial charge in [-0.1, -0.05) is 60.2 Å². The van der Waals surface area contributed by atoms with Crippen LogP contribution in [0.15, 0.2) is 54.6 Å². The van der Waals surface area contributed by atoms with Gasteiger partial charge in [0.25, 0.3) is 0 Å². The molecule has 1 aliphatic heterocycles. The number of morpholine rings is 1. The van der Waals surface area contributed by atoms with Crippen molar-refractivity contribution in [1.29, 1.82) is 0 Å². The predicted molar refractivity (Wildman–Crippen MR) is 95.1 cm³/mol. The van der Waals surface area contributed by atoms with Crippen LogP contribution in [0.4, 0.5) is 0 Å². The summed E-state index contributed by atoms with van der Waals surface area (Å²) in [6, 6.07) is 17.2. The van der Waals surface area contributed by atoms with Crippen molar-refractivity contribution in [3.05, 3.63) is 71.3 Å². The third kappa shape index (κ3) is 3.69.